The number of ether oxygens (including phenoxy) is 1. The maximum Gasteiger partial charge on any atom is 0.264 e. The molecule has 0 saturated heterocycles. The van der Waals surface area contributed by atoms with Crippen LogP contribution in [0.3, 0.4) is 0 Å². The molecule has 0 unspecified atom stereocenters. The number of hydrogen-bond acceptors (Lipinski definition) is 5. The molecule has 0 amide bonds. The van der Waals surface area contributed by atoms with Crippen LogP contribution in [0.25, 0.3) is 0 Å². The Labute approximate surface area is 152 Å². The van der Waals surface area contributed by atoms with Crippen molar-refractivity contribution < 1.29 is 13.2 Å². The number of hydrogen-bond donors (Lipinski definition) is 1. The molecule has 0 radical (unpaired) electrons. The molecule has 1 aromatic carbocycles. The Morgan fingerprint density at radius 2 is 2.09 bits per heavy atom. The van der Waals surface area contributed by atoms with Gasteiger partial charge in [-0.05, 0) is 34.5 Å². The first kappa shape index (κ1) is 18.3. The zero-order chi connectivity index (χ0) is 17.0. The largest absolute Gasteiger partial charge is 0.475 e. The lowest BCUT2D eigenvalue weighted by atomic mass is 10.4. The first-order valence-corrected chi connectivity index (χ1v) is 9.50. The molecule has 1 aromatic heterocycles. The fraction of sp³-hybridized carbons (Fsp3) is 0.231. The van der Waals surface area contributed by atoms with Crippen molar-refractivity contribution >= 4 is 55.0 Å². The third-order valence-corrected chi connectivity index (χ3v) is 5.29. The lowest BCUT2D eigenvalue weighted by Gasteiger charge is -2.12. The van der Waals surface area contributed by atoms with Gasteiger partial charge in [-0.15, -0.1) is 0 Å². The number of anilines is 1. The standard InChI is InChI=1S/C13H12BrCl2N3O3S/c1-2-6-22-13-12(17-7-10(14)18-13)19-23(20,21)9-5-3-4-8(15)11(9)16/h3-5,7H,2,6H2,1H3,(H,17,19). The van der Waals surface area contributed by atoms with Crippen molar-refractivity contribution in [2.24, 2.45) is 0 Å². The van der Waals surface area contributed by atoms with Gasteiger partial charge in [-0.1, -0.05) is 36.2 Å². The molecule has 1 N–H and O–H groups in total. The zero-order valence-corrected chi connectivity index (χ0v) is 15.8. The first-order valence-electron chi connectivity index (χ1n) is 6.47. The maximum absolute atomic E-state index is 12.5. The lowest BCUT2D eigenvalue weighted by molar-refractivity contribution is 0.305. The fourth-order valence-corrected chi connectivity index (χ4v) is 3.63. The summed E-state index contributed by atoms with van der Waals surface area (Å²) in [6.45, 7) is 2.29. The Morgan fingerprint density at radius 3 is 2.78 bits per heavy atom. The van der Waals surface area contributed by atoms with Gasteiger partial charge < -0.3 is 4.74 Å². The van der Waals surface area contributed by atoms with Gasteiger partial charge in [0.15, 0.2) is 0 Å². The summed E-state index contributed by atoms with van der Waals surface area (Å²) in [4.78, 5) is 7.91. The number of nitrogens with zero attached hydrogens (tertiary/aromatic N) is 2. The monoisotopic (exact) mass is 439 g/mol. The minimum absolute atomic E-state index is 0.0299. The summed E-state index contributed by atoms with van der Waals surface area (Å²) in [5.41, 5.74) is 0. The lowest BCUT2D eigenvalue weighted by Crippen LogP contribution is -2.16. The van der Waals surface area contributed by atoms with Crippen LogP contribution < -0.4 is 9.46 Å². The van der Waals surface area contributed by atoms with E-state index in [2.05, 4.69) is 30.6 Å². The van der Waals surface area contributed by atoms with Crippen LogP contribution in [0.1, 0.15) is 13.3 Å². The van der Waals surface area contributed by atoms with Crippen molar-refractivity contribution in [2.45, 2.75) is 18.2 Å². The smallest absolute Gasteiger partial charge is 0.264 e. The minimum Gasteiger partial charge on any atom is -0.475 e. The Morgan fingerprint density at radius 1 is 1.35 bits per heavy atom. The number of sulfonamides is 1. The summed E-state index contributed by atoms with van der Waals surface area (Å²) in [6, 6.07) is 4.33. The van der Waals surface area contributed by atoms with Crippen molar-refractivity contribution in [3.05, 3.63) is 39.0 Å². The van der Waals surface area contributed by atoms with E-state index in [0.29, 0.717) is 11.2 Å². The van der Waals surface area contributed by atoms with Gasteiger partial charge in [-0.25, -0.2) is 18.4 Å². The van der Waals surface area contributed by atoms with Gasteiger partial charge in [0, 0.05) is 0 Å². The summed E-state index contributed by atoms with van der Waals surface area (Å²) in [5.74, 6) is 0.0423. The third-order valence-electron chi connectivity index (χ3n) is 2.59. The Hall–Kier alpha value is -1.09. The van der Waals surface area contributed by atoms with Gasteiger partial charge in [0.05, 0.1) is 22.8 Å². The number of rotatable bonds is 6. The zero-order valence-electron chi connectivity index (χ0n) is 11.9. The van der Waals surface area contributed by atoms with Crippen LogP contribution in [0, 0.1) is 0 Å². The van der Waals surface area contributed by atoms with E-state index in [4.69, 9.17) is 27.9 Å². The predicted molar refractivity (Wildman–Crippen MR) is 92.8 cm³/mol. The molecule has 23 heavy (non-hydrogen) atoms. The molecule has 0 saturated carbocycles. The van der Waals surface area contributed by atoms with Gasteiger partial charge in [0.1, 0.15) is 9.50 Å². The van der Waals surface area contributed by atoms with Crippen LogP contribution in [-0.4, -0.2) is 25.0 Å². The Kier molecular flexibility index (Phi) is 6.07. The van der Waals surface area contributed by atoms with E-state index in [1.54, 1.807) is 0 Å². The highest BCUT2D eigenvalue weighted by Gasteiger charge is 2.22. The predicted octanol–water partition coefficient (Wildman–Crippen LogP) is 4.14. The molecular weight excluding hydrogens is 429 g/mol. The minimum atomic E-state index is -3.99. The van der Waals surface area contributed by atoms with Gasteiger partial charge >= 0.3 is 0 Å². The summed E-state index contributed by atoms with van der Waals surface area (Å²) in [5, 5.41) is 0.0710. The van der Waals surface area contributed by atoms with E-state index in [1.807, 2.05) is 6.92 Å². The fourth-order valence-electron chi connectivity index (χ4n) is 1.60. The normalized spacial score (nSPS) is 11.3. The van der Waals surface area contributed by atoms with E-state index < -0.39 is 10.0 Å². The molecule has 2 aromatic rings. The number of benzene rings is 1. The Bertz CT molecular complexity index is 818. The summed E-state index contributed by atoms with van der Waals surface area (Å²) in [7, 11) is -3.99. The van der Waals surface area contributed by atoms with E-state index in [-0.39, 0.29) is 26.6 Å². The highest BCUT2D eigenvalue weighted by Crippen LogP contribution is 2.31. The van der Waals surface area contributed by atoms with Crippen molar-refractivity contribution in [3.63, 3.8) is 0 Å². The molecule has 1 heterocycles. The van der Waals surface area contributed by atoms with Crippen molar-refractivity contribution in [2.75, 3.05) is 11.3 Å². The quantitative estimate of drug-likeness (QED) is 0.729. The van der Waals surface area contributed by atoms with Crippen LogP contribution in [0.5, 0.6) is 5.88 Å². The highest BCUT2D eigenvalue weighted by atomic mass is 79.9. The molecule has 10 heteroatoms. The van der Waals surface area contributed by atoms with Gasteiger partial charge in [0.2, 0.25) is 5.82 Å². The summed E-state index contributed by atoms with van der Waals surface area (Å²) < 4.78 is 33.1. The van der Waals surface area contributed by atoms with Crippen molar-refractivity contribution in [3.8, 4) is 5.88 Å². The van der Waals surface area contributed by atoms with Crippen LogP contribution in [0.2, 0.25) is 10.0 Å². The van der Waals surface area contributed by atoms with E-state index in [1.165, 1.54) is 24.4 Å². The van der Waals surface area contributed by atoms with Crippen molar-refractivity contribution in [1.82, 2.24) is 9.97 Å². The molecule has 0 aliphatic heterocycles. The topological polar surface area (TPSA) is 81.2 Å². The van der Waals surface area contributed by atoms with E-state index >= 15 is 0 Å². The van der Waals surface area contributed by atoms with Crippen LogP contribution in [-0.2, 0) is 10.0 Å². The van der Waals surface area contributed by atoms with Gasteiger partial charge in [-0.2, -0.15) is 0 Å². The van der Waals surface area contributed by atoms with Crippen LogP contribution in [0.15, 0.2) is 33.9 Å². The molecule has 124 valence electrons. The second-order valence-electron chi connectivity index (χ2n) is 4.35. The summed E-state index contributed by atoms with van der Waals surface area (Å²) >= 11 is 15.0. The average Bonchev–Trinajstić information content (AvgIpc) is 2.50. The molecular formula is C13H12BrCl2N3O3S. The van der Waals surface area contributed by atoms with Gasteiger partial charge in [-0.3, -0.25) is 4.72 Å². The number of aromatic nitrogens is 2. The van der Waals surface area contributed by atoms with E-state index in [0.717, 1.165) is 6.42 Å². The van der Waals surface area contributed by atoms with Crippen LogP contribution in [0.4, 0.5) is 5.82 Å². The SMILES string of the molecule is CCCOc1nc(Br)cnc1NS(=O)(=O)c1cccc(Cl)c1Cl. The highest BCUT2D eigenvalue weighted by molar-refractivity contribution is 9.10. The molecule has 0 fully saturated rings. The average molecular weight is 441 g/mol. The summed E-state index contributed by atoms with van der Waals surface area (Å²) in [6.07, 6.45) is 2.09. The molecule has 0 atom stereocenters. The first-order chi connectivity index (χ1) is 10.8. The van der Waals surface area contributed by atoms with Gasteiger partial charge in [0.25, 0.3) is 15.9 Å². The second kappa shape index (κ2) is 7.65. The maximum atomic E-state index is 12.5. The second-order valence-corrected chi connectivity index (χ2v) is 7.60. The van der Waals surface area contributed by atoms with E-state index in [9.17, 15) is 8.42 Å². The Balaban J connectivity index is 2.39. The molecule has 6 nitrogen and oxygen atoms in total. The molecule has 0 aliphatic carbocycles. The number of nitrogens with one attached hydrogen (secondary N) is 1. The van der Waals surface area contributed by atoms with Crippen LogP contribution >= 0.6 is 39.1 Å². The van der Waals surface area contributed by atoms with Crippen molar-refractivity contribution in [1.29, 1.82) is 0 Å². The molecule has 0 spiro atoms. The molecule has 0 aliphatic rings. The number of halogens is 3. The third kappa shape index (κ3) is 4.47. The molecule has 0 bridgehead atoms. The molecule has 2 rings (SSSR count).